The van der Waals surface area contributed by atoms with Crippen molar-refractivity contribution in [2.45, 2.75) is 39.0 Å². The van der Waals surface area contributed by atoms with Crippen LogP contribution in [0.5, 0.6) is 0 Å². The van der Waals surface area contributed by atoms with Crippen molar-refractivity contribution in [1.82, 2.24) is 0 Å². The van der Waals surface area contributed by atoms with Crippen molar-refractivity contribution in [3.63, 3.8) is 0 Å². The number of carbonyl (C=O) groups excluding carboxylic acids is 1. The van der Waals surface area contributed by atoms with Crippen LogP contribution in [0, 0.1) is 0 Å². The fraction of sp³-hybridized carbons (Fsp3) is 0.500. The first kappa shape index (κ1) is 15.5. The van der Waals surface area contributed by atoms with Gasteiger partial charge in [-0.1, -0.05) is 19.4 Å². The molecule has 4 heteroatoms. The van der Waals surface area contributed by atoms with Gasteiger partial charge in [-0.3, -0.25) is 4.79 Å². The molecule has 0 saturated carbocycles. The number of halogens is 2. The van der Waals surface area contributed by atoms with Gasteiger partial charge < -0.3 is 5.32 Å². The number of nitrogens with one attached hydrogen (secondary N) is 1. The van der Waals surface area contributed by atoms with Gasteiger partial charge in [-0.05, 0) is 52.9 Å². The number of alkyl halides is 1. The number of rotatable bonds is 7. The third-order valence-corrected chi connectivity index (χ3v) is 3.59. The number of hydrogen-bond donors (Lipinski definition) is 1. The lowest BCUT2D eigenvalue weighted by Crippen LogP contribution is -2.11. The Morgan fingerprint density at radius 1 is 1.39 bits per heavy atom. The minimum atomic E-state index is 0.0117. The summed E-state index contributed by atoms with van der Waals surface area (Å²) in [6.07, 6.45) is 4.63. The highest BCUT2D eigenvalue weighted by atomic mass is 79.9. The van der Waals surface area contributed by atoms with Gasteiger partial charge in [-0.15, -0.1) is 11.6 Å². The van der Waals surface area contributed by atoms with Gasteiger partial charge in [0.1, 0.15) is 0 Å². The standard InChI is InChI=1S/C14H19BrClNO/c1-2-3-5-11-7-8-13(12(15)10-11)17-14(18)6-4-9-16/h7-8,10H,2-6,9H2,1H3,(H,17,18). The number of anilines is 1. The fourth-order valence-electron chi connectivity index (χ4n) is 1.64. The molecule has 0 aromatic heterocycles. The summed E-state index contributed by atoms with van der Waals surface area (Å²) >= 11 is 9.05. The maximum absolute atomic E-state index is 11.6. The van der Waals surface area contributed by atoms with Crippen molar-refractivity contribution in [2.24, 2.45) is 0 Å². The number of amides is 1. The van der Waals surface area contributed by atoms with Gasteiger partial charge in [-0.2, -0.15) is 0 Å². The molecule has 100 valence electrons. The van der Waals surface area contributed by atoms with E-state index in [1.807, 2.05) is 6.07 Å². The number of hydrogen-bond acceptors (Lipinski definition) is 1. The number of benzene rings is 1. The summed E-state index contributed by atoms with van der Waals surface area (Å²) in [6, 6.07) is 6.10. The molecule has 1 aromatic carbocycles. The zero-order chi connectivity index (χ0) is 13.4. The largest absolute Gasteiger partial charge is 0.325 e. The second kappa shape index (κ2) is 8.54. The van der Waals surface area contributed by atoms with Gasteiger partial charge in [-0.25, -0.2) is 0 Å². The molecule has 0 fully saturated rings. The van der Waals surface area contributed by atoms with Crippen LogP contribution in [0.4, 0.5) is 5.69 Å². The van der Waals surface area contributed by atoms with Crippen LogP contribution in [0.3, 0.4) is 0 Å². The Balaban J connectivity index is 2.59. The predicted molar refractivity (Wildman–Crippen MR) is 81.3 cm³/mol. The molecule has 0 radical (unpaired) electrons. The number of carbonyl (C=O) groups is 1. The van der Waals surface area contributed by atoms with Crippen LogP contribution in [0.2, 0.25) is 0 Å². The van der Waals surface area contributed by atoms with E-state index in [1.54, 1.807) is 0 Å². The van der Waals surface area contributed by atoms with E-state index in [4.69, 9.17) is 11.6 Å². The lowest BCUT2D eigenvalue weighted by Gasteiger charge is -2.09. The second-order valence-electron chi connectivity index (χ2n) is 4.26. The third-order valence-electron chi connectivity index (χ3n) is 2.66. The average molecular weight is 333 g/mol. The van der Waals surface area contributed by atoms with Crippen LogP contribution >= 0.6 is 27.5 Å². The van der Waals surface area contributed by atoms with Crippen LogP contribution in [0.15, 0.2) is 22.7 Å². The van der Waals surface area contributed by atoms with E-state index in [-0.39, 0.29) is 5.91 Å². The number of aryl methyl sites for hydroxylation is 1. The average Bonchev–Trinajstić information content (AvgIpc) is 2.36. The van der Waals surface area contributed by atoms with E-state index >= 15 is 0 Å². The topological polar surface area (TPSA) is 29.1 Å². The smallest absolute Gasteiger partial charge is 0.224 e. The Bertz CT molecular complexity index is 395. The monoisotopic (exact) mass is 331 g/mol. The third kappa shape index (κ3) is 5.40. The molecule has 0 unspecified atom stereocenters. The number of unbranched alkanes of at least 4 members (excludes halogenated alkanes) is 1. The summed E-state index contributed by atoms with van der Waals surface area (Å²) in [5.41, 5.74) is 2.12. The van der Waals surface area contributed by atoms with E-state index in [1.165, 1.54) is 18.4 Å². The van der Waals surface area contributed by atoms with E-state index in [0.717, 1.165) is 16.6 Å². The molecule has 1 aromatic rings. The molecule has 0 saturated heterocycles. The van der Waals surface area contributed by atoms with E-state index in [0.29, 0.717) is 18.7 Å². The Labute approximate surface area is 122 Å². The molecule has 1 N–H and O–H groups in total. The van der Waals surface area contributed by atoms with E-state index < -0.39 is 0 Å². The molecule has 0 aliphatic carbocycles. The van der Waals surface area contributed by atoms with Gasteiger partial charge in [0.15, 0.2) is 0 Å². The van der Waals surface area contributed by atoms with Crippen molar-refractivity contribution < 1.29 is 4.79 Å². The highest BCUT2D eigenvalue weighted by molar-refractivity contribution is 9.10. The molecule has 1 amide bonds. The Morgan fingerprint density at radius 2 is 2.17 bits per heavy atom. The molecular formula is C14H19BrClNO. The van der Waals surface area contributed by atoms with E-state index in [9.17, 15) is 4.79 Å². The van der Waals surface area contributed by atoms with Crippen molar-refractivity contribution in [3.05, 3.63) is 28.2 Å². The highest BCUT2D eigenvalue weighted by Gasteiger charge is 2.06. The molecular weight excluding hydrogens is 314 g/mol. The molecule has 0 heterocycles. The Hall–Kier alpha value is -0.540. The highest BCUT2D eigenvalue weighted by Crippen LogP contribution is 2.24. The quantitative estimate of drug-likeness (QED) is 0.717. The summed E-state index contributed by atoms with van der Waals surface area (Å²) in [5, 5.41) is 2.88. The van der Waals surface area contributed by atoms with Gasteiger partial charge in [0.2, 0.25) is 5.91 Å². The van der Waals surface area contributed by atoms with Gasteiger partial charge in [0, 0.05) is 16.8 Å². The second-order valence-corrected chi connectivity index (χ2v) is 5.49. The normalized spacial score (nSPS) is 10.4. The van der Waals surface area contributed by atoms with Crippen molar-refractivity contribution in [1.29, 1.82) is 0 Å². The van der Waals surface area contributed by atoms with Gasteiger partial charge in [0.25, 0.3) is 0 Å². The molecule has 18 heavy (non-hydrogen) atoms. The molecule has 0 spiro atoms. The van der Waals surface area contributed by atoms with Crippen LogP contribution < -0.4 is 5.32 Å². The first-order chi connectivity index (χ1) is 8.67. The molecule has 0 atom stereocenters. The maximum atomic E-state index is 11.6. The molecule has 0 bridgehead atoms. The Morgan fingerprint density at radius 3 is 2.78 bits per heavy atom. The summed E-state index contributed by atoms with van der Waals surface area (Å²) in [5.74, 6) is 0.530. The van der Waals surface area contributed by atoms with Crippen LogP contribution in [0.1, 0.15) is 38.2 Å². The minimum absolute atomic E-state index is 0.0117. The fourth-order valence-corrected chi connectivity index (χ4v) is 2.30. The predicted octanol–water partition coefficient (Wildman–Crippen LogP) is 4.75. The van der Waals surface area contributed by atoms with Crippen molar-refractivity contribution in [3.8, 4) is 0 Å². The lowest BCUT2D eigenvalue weighted by molar-refractivity contribution is -0.116. The molecule has 0 aliphatic rings. The van der Waals surface area contributed by atoms with Crippen molar-refractivity contribution >= 4 is 39.1 Å². The molecule has 2 nitrogen and oxygen atoms in total. The first-order valence-corrected chi connectivity index (χ1v) is 7.64. The summed E-state index contributed by atoms with van der Waals surface area (Å²) in [4.78, 5) is 11.6. The summed E-state index contributed by atoms with van der Waals surface area (Å²) in [7, 11) is 0. The van der Waals surface area contributed by atoms with Crippen LogP contribution in [-0.4, -0.2) is 11.8 Å². The van der Waals surface area contributed by atoms with Gasteiger partial charge in [0.05, 0.1) is 5.69 Å². The zero-order valence-electron chi connectivity index (χ0n) is 10.6. The SMILES string of the molecule is CCCCc1ccc(NC(=O)CCCCl)c(Br)c1. The molecule has 1 rings (SSSR count). The van der Waals surface area contributed by atoms with Crippen LogP contribution in [-0.2, 0) is 11.2 Å². The van der Waals surface area contributed by atoms with Crippen LogP contribution in [0.25, 0.3) is 0 Å². The Kier molecular flexibility index (Phi) is 7.36. The van der Waals surface area contributed by atoms with Crippen molar-refractivity contribution in [2.75, 3.05) is 11.2 Å². The minimum Gasteiger partial charge on any atom is -0.325 e. The van der Waals surface area contributed by atoms with E-state index in [2.05, 4.69) is 40.3 Å². The zero-order valence-corrected chi connectivity index (χ0v) is 13.0. The molecule has 0 aliphatic heterocycles. The van der Waals surface area contributed by atoms with Gasteiger partial charge >= 0.3 is 0 Å². The maximum Gasteiger partial charge on any atom is 0.224 e. The first-order valence-electron chi connectivity index (χ1n) is 6.31. The summed E-state index contributed by atoms with van der Waals surface area (Å²) in [6.45, 7) is 2.18. The lowest BCUT2D eigenvalue weighted by atomic mass is 10.1. The summed E-state index contributed by atoms with van der Waals surface area (Å²) < 4.78 is 0.940.